The van der Waals surface area contributed by atoms with Crippen molar-refractivity contribution >= 4 is 11.6 Å². The van der Waals surface area contributed by atoms with Gasteiger partial charge in [0.2, 0.25) is 0 Å². The molecular formula is C22H24O3. The molecule has 0 bridgehead atoms. The summed E-state index contributed by atoms with van der Waals surface area (Å²) < 4.78 is 12.2. The van der Waals surface area contributed by atoms with Gasteiger partial charge in [-0.2, -0.15) is 0 Å². The molecule has 0 radical (unpaired) electrons. The second-order valence-corrected chi connectivity index (χ2v) is 7.49. The third-order valence-corrected chi connectivity index (χ3v) is 5.13. The Bertz CT molecular complexity index is 862. The van der Waals surface area contributed by atoms with Crippen molar-refractivity contribution in [3.05, 3.63) is 52.6 Å². The van der Waals surface area contributed by atoms with Crippen molar-refractivity contribution in [2.75, 3.05) is 6.61 Å². The first-order chi connectivity index (χ1) is 12.0. The minimum atomic E-state index is -0.121. The van der Waals surface area contributed by atoms with Gasteiger partial charge in [-0.1, -0.05) is 19.1 Å². The van der Waals surface area contributed by atoms with Crippen LogP contribution in [0.15, 0.2) is 30.3 Å². The second-order valence-electron chi connectivity index (χ2n) is 7.49. The van der Waals surface area contributed by atoms with Gasteiger partial charge in [-0.05, 0) is 62.9 Å². The molecule has 0 unspecified atom stereocenters. The molecule has 3 heteroatoms. The molecule has 2 aromatic carbocycles. The summed E-state index contributed by atoms with van der Waals surface area (Å²) in [7, 11) is 0. The number of aryl methyl sites for hydroxylation is 1. The molecule has 0 saturated heterocycles. The van der Waals surface area contributed by atoms with Gasteiger partial charge in [-0.3, -0.25) is 0 Å². The van der Waals surface area contributed by atoms with Crippen molar-refractivity contribution in [2.24, 2.45) is 0 Å². The molecule has 2 aliphatic heterocycles. The predicted molar refractivity (Wildman–Crippen MR) is 100 cm³/mol. The molecular weight excluding hydrogens is 312 g/mol. The van der Waals surface area contributed by atoms with Crippen LogP contribution < -0.4 is 9.47 Å². The Kier molecular flexibility index (Phi) is 3.75. The molecule has 3 nitrogen and oxygen atoms in total. The maximum Gasteiger partial charge on any atom is 0.133 e. The van der Waals surface area contributed by atoms with E-state index in [1.54, 1.807) is 0 Å². The zero-order valence-electron chi connectivity index (χ0n) is 15.1. The molecule has 2 aromatic rings. The lowest BCUT2D eigenvalue weighted by molar-refractivity contribution is 0.0834. The fraction of sp³-hybridized carbons (Fsp3) is 0.364. The summed E-state index contributed by atoms with van der Waals surface area (Å²) in [5.41, 5.74) is 5.08. The standard InChI is InChI=1S/C22H24O3/c1-4-14-5-7-17(19(23)11-14)16-12-15-6-8-20-18(21(15)24-13-16)9-10-22(2,3)25-20/h5-8,11-12,23H,4,9-10,13H2,1-3H3. The van der Waals surface area contributed by atoms with Crippen LogP contribution in [0.4, 0.5) is 0 Å². The fourth-order valence-corrected chi connectivity index (χ4v) is 3.62. The van der Waals surface area contributed by atoms with Gasteiger partial charge in [0.15, 0.2) is 0 Å². The van der Waals surface area contributed by atoms with Crippen molar-refractivity contribution in [3.63, 3.8) is 0 Å². The van der Waals surface area contributed by atoms with E-state index in [-0.39, 0.29) is 5.60 Å². The van der Waals surface area contributed by atoms with Crippen LogP contribution >= 0.6 is 0 Å². The largest absolute Gasteiger partial charge is 0.507 e. The molecule has 25 heavy (non-hydrogen) atoms. The van der Waals surface area contributed by atoms with E-state index in [9.17, 15) is 5.11 Å². The van der Waals surface area contributed by atoms with E-state index in [4.69, 9.17) is 9.47 Å². The topological polar surface area (TPSA) is 38.7 Å². The van der Waals surface area contributed by atoms with Crippen LogP contribution in [0, 0.1) is 0 Å². The molecule has 0 fully saturated rings. The number of aromatic hydroxyl groups is 1. The van der Waals surface area contributed by atoms with Crippen LogP contribution in [0.25, 0.3) is 11.6 Å². The summed E-state index contributed by atoms with van der Waals surface area (Å²) in [5.74, 6) is 2.18. The maximum atomic E-state index is 10.4. The summed E-state index contributed by atoms with van der Waals surface area (Å²) in [6.07, 6.45) is 4.98. The predicted octanol–water partition coefficient (Wildman–Crippen LogP) is 4.99. The van der Waals surface area contributed by atoms with Crippen molar-refractivity contribution in [3.8, 4) is 17.2 Å². The van der Waals surface area contributed by atoms with E-state index < -0.39 is 0 Å². The minimum absolute atomic E-state index is 0.121. The number of ether oxygens (including phenoxy) is 2. The molecule has 0 aliphatic carbocycles. The minimum Gasteiger partial charge on any atom is -0.507 e. The third kappa shape index (κ3) is 2.88. The average molecular weight is 336 g/mol. The zero-order chi connectivity index (χ0) is 17.6. The zero-order valence-corrected chi connectivity index (χ0v) is 15.1. The van der Waals surface area contributed by atoms with E-state index in [2.05, 4.69) is 32.9 Å². The lowest BCUT2D eigenvalue weighted by atomic mass is 9.91. The Morgan fingerprint density at radius 1 is 1.16 bits per heavy atom. The quantitative estimate of drug-likeness (QED) is 0.839. The molecule has 2 aliphatic rings. The normalized spacial score (nSPS) is 17.6. The smallest absolute Gasteiger partial charge is 0.133 e. The molecule has 0 spiro atoms. The number of hydrogen-bond acceptors (Lipinski definition) is 3. The number of benzene rings is 2. The van der Waals surface area contributed by atoms with Gasteiger partial charge < -0.3 is 14.6 Å². The summed E-state index contributed by atoms with van der Waals surface area (Å²) >= 11 is 0. The Morgan fingerprint density at radius 3 is 2.76 bits per heavy atom. The monoisotopic (exact) mass is 336 g/mol. The SMILES string of the molecule is CCc1ccc(C2=Cc3ccc4c(c3OC2)CCC(C)(C)O4)c(O)c1. The van der Waals surface area contributed by atoms with Gasteiger partial charge in [-0.15, -0.1) is 0 Å². The second kappa shape index (κ2) is 5.83. The molecule has 0 atom stereocenters. The van der Waals surface area contributed by atoms with Crippen molar-refractivity contribution in [2.45, 2.75) is 45.6 Å². The van der Waals surface area contributed by atoms with E-state index >= 15 is 0 Å². The van der Waals surface area contributed by atoms with Gasteiger partial charge in [0.05, 0.1) is 0 Å². The summed E-state index contributed by atoms with van der Waals surface area (Å²) in [5, 5.41) is 10.4. The van der Waals surface area contributed by atoms with Crippen LogP contribution in [0.5, 0.6) is 17.2 Å². The molecule has 0 amide bonds. The van der Waals surface area contributed by atoms with Crippen LogP contribution in [0.1, 0.15) is 49.4 Å². The summed E-state index contributed by atoms with van der Waals surface area (Å²) in [4.78, 5) is 0. The number of fused-ring (bicyclic) bond motifs is 3. The van der Waals surface area contributed by atoms with Crippen molar-refractivity contribution < 1.29 is 14.6 Å². The van der Waals surface area contributed by atoms with Crippen LogP contribution in [-0.4, -0.2) is 17.3 Å². The number of rotatable bonds is 2. The highest BCUT2D eigenvalue weighted by atomic mass is 16.5. The molecule has 0 saturated carbocycles. The van der Waals surface area contributed by atoms with Crippen molar-refractivity contribution in [1.29, 1.82) is 0 Å². The van der Waals surface area contributed by atoms with E-state index in [1.807, 2.05) is 24.3 Å². The highest BCUT2D eigenvalue weighted by molar-refractivity contribution is 5.88. The van der Waals surface area contributed by atoms with E-state index in [0.29, 0.717) is 12.4 Å². The van der Waals surface area contributed by atoms with Crippen molar-refractivity contribution in [1.82, 2.24) is 0 Å². The molecule has 1 N–H and O–H groups in total. The Morgan fingerprint density at radius 2 is 2.00 bits per heavy atom. The van der Waals surface area contributed by atoms with E-state index in [1.165, 1.54) is 0 Å². The van der Waals surface area contributed by atoms with E-state index in [0.717, 1.165) is 58.6 Å². The van der Waals surface area contributed by atoms with Gasteiger partial charge in [0.1, 0.15) is 29.5 Å². The molecule has 130 valence electrons. The molecule has 4 rings (SSSR count). The highest BCUT2D eigenvalue weighted by Crippen LogP contribution is 2.43. The Balaban J connectivity index is 1.72. The summed E-state index contributed by atoms with van der Waals surface area (Å²) in [6.45, 7) is 6.79. The van der Waals surface area contributed by atoms with Crippen LogP contribution in [0.2, 0.25) is 0 Å². The lowest BCUT2D eigenvalue weighted by Gasteiger charge is -2.34. The maximum absolute atomic E-state index is 10.4. The van der Waals surface area contributed by atoms with Gasteiger partial charge in [0, 0.05) is 22.3 Å². The molecule has 0 aromatic heterocycles. The van der Waals surface area contributed by atoms with Crippen LogP contribution in [-0.2, 0) is 12.8 Å². The average Bonchev–Trinajstić information content (AvgIpc) is 2.60. The molecule has 2 heterocycles. The third-order valence-electron chi connectivity index (χ3n) is 5.13. The first-order valence-corrected chi connectivity index (χ1v) is 8.97. The van der Waals surface area contributed by atoms with Gasteiger partial charge in [0.25, 0.3) is 0 Å². The number of phenolic OH excluding ortho intramolecular Hbond substituents is 1. The Hall–Kier alpha value is -2.42. The summed E-state index contributed by atoms with van der Waals surface area (Å²) in [6, 6.07) is 9.98. The fourth-order valence-electron chi connectivity index (χ4n) is 3.62. The first kappa shape index (κ1) is 16.1. The number of hydrogen-bond donors (Lipinski definition) is 1. The first-order valence-electron chi connectivity index (χ1n) is 8.97. The van der Waals surface area contributed by atoms with Crippen LogP contribution in [0.3, 0.4) is 0 Å². The Labute approximate surface area is 148 Å². The van der Waals surface area contributed by atoms with Gasteiger partial charge >= 0.3 is 0 Å². The highest BCUT2D eigenvalue weighted by Gasteiger charge is 2.30. The number of phenols is 1. The van der Waals surface area contributed by atoms with Gasteiger partial charge in [-0.25, -0.2) is 0 Å². The lowest BCUT2D eigenvalue weighted by Crippen LogP contribution is -2.33.